The molecule has 1 aromatic carbocycles. The quantitative estimate of drug-likeness (QED) is 0.723. The van der Waals surface area contributed by atoms with E-state index in [0.29, 0.717) is 23.7 Å². The van der Waals surface area contributed by atoms with Gasteiger partial charge in [-0.15, -0.1) is 0 Å². The SMILES string of the molecule is O=C(c1cccc(Cl)c1)N1CCN(Cc2cnc3ccnn3c2)CC1. The van der Waals surface area contributed by atoms with Crippen LogP contribution in [0.4, 0.5) is 0 Å². The highest BCUT2D eigenvalue weighted by Gasteiger charge is 2.22. The predicted octanol–water partition coefficient (Wildman–Crippen LogP) is 2.34. The van der Waals surface area contributed by atoms with E-state index in [-0.39, 0.29) is 5.91 Å². The summed E-state index contributed by atoms with van der Waals surface area (Å²) in [5, 5.41) is 4.81. The van der Waals surface area contributed by atoms with Gasteiger partial charge in [-0.3, -0.25) is 9.69 Å². The molecule has 3 aromatic rings. The number of rotatable bonds is 3. The zero-order valence-corrected chi connectivity index (χ0v) is 14.4. The van der Waals surface area contributed by atoms with Crippen LogP contribution in [0.1, 0.15) is 15.9 Å². The number of carbonyl (C=O) groups is 1. The van der Waals surface area contributed by atoms with Crippen molar-refractivity contribution in [3.05, 3.63) is 65.1 Å². The van der Waals surface area contributed by atoms with Gasteiger partial charge in [-0.25, -0.2) is 9.50 Å². The fourth-order valence-corrected chi connectivity index (χ4v) is 3.29. The van der Waals surface area contributed by atoms with Gasteiger partial charge in [-0.1, -0.05) is 17.7 Å². The Morgan fingerprint density at radius 1 is 1.16 bits per heavy atom. The summed E-state index contributed by atoms with van der Waals surface area (Å²) in [6.07, 6.45) is 5.64. The van der Waals surface area contributed by atoms with Gasteiger partial charge in [0, 0.05) is 67.3 Å². The number of amides is 1. The van der Waals surface area contributed by atoms with Crippen LogP contribution in [-0.4, -0.2) is 56.5 Å². The molecule has 0 unspecified atom stereocenters. The third kappa shape index (κ3) is 3.50. The molecule has 0 atom stereocenters. The Morgan fingerprint density at radius 3 is 2.80 bits per heavy atom. The number of fused-ring (bicyclic) bond motifs is 1. The minimum atomic E-state index is 0.0433. The summed E-state index contributed by atoms with van der Waals surface area (Å²) in [6, 6.07) is 9.00. The van der Waals surface area contributed by atoms with E-state index in [4.69, 9.17) is 11.6 Å². The largest absolute Gasteiger partial charge is 0.336 e. The molecular weight excluding hydrogens is 338 g/mol. The standard InChI is InChI=1S/C18H18ClN5O/c19-16-3-1-2-15(10-16)18(25)23-8-6-22(7-9-23)12-14-11-20-17-4-5-21-24(17)13-14/h1-5,10-11,13H,6-9,12H2. The summed E-state index contributed by atoms with van der Waals surface area (Å²) in [6.45, 7) is 3.90. The average molecular weight is 356 g/mol. The Morgan fingerprint density at radius 2 is 2.00 bits per heavy atom. The van der Waals surface area contributed by atoms with Crippen molar-refractivity contribution < 1.29 is 4.79 Å². The normalized spacial score (nSPS) is 15.6. The molecule has 25 heavy (non-hydrogen) atoms. The van der Waals surface area contributed by atoms with Crippen molar-refractivity contribution in [3.63, 3.8) is 0 Å². The molecule has 1 saturated heterocycles. The molecule has 0 spiro atoms. The maximum absolute atomic E-state index is 12.6. The topological polar surface area (TPSA) is 53.7 Å². The highest BCUT2D eigenvalue weighted by atomic mass is 35.5. The van der Waals surface area contributed by atoms with Gasteiger partial charge >= 0.3 is 0 Å². The predicted molar refractivity (Wildman–Crippen MR) is 95.6 cm³/mol. The smallest absolute Gasteiger partial charge is 0.253 e. The lowest BCUT2D eigenvalue weighted by Gasteiger charge is -2.34. The van der Waals surface area contributed by atoms with E-state index in [1.54, 1.807) is 22.8 Å². The van der Waals surface area contributed by atoms with Crippen molar-refractivity contribution in [2.75, 3.05) is 26.2 Å². The zero-order valence-electron chi connectivity index (χ0n) is 13.7. The second-order valence-electron chi connectivity index (χ2n) is 6.17. The van der Waals surface area contributed by atoms with Crippen molar-refractivity contribution in [3.8, 4) is 0 Å². The van der Waals surface area contributed by atoms with Crippen LogP contribution in [0, 0.1) is 0 Å². The summed E-state index contributed by atoms with van der Waals surface area (Å²) in [5.41, 5.74) is 2.61. The molecule has 0 aliphatic carbocycles. The Kier molecular flexibility index (Phi) is 4.38. The van der Waals surface area contributed by atoms with Crippen molar-refractivity contribution in [1.82, 2.24) is 24.4 Å². The van der Waals surface area contributed by atoms with Crippen LogP contribution in [0.2, 0.25) is 5.02 Å². The van der Waals surface area contributed by atoms with Crippen LogP contribution in [0.15, 0.2) is 48.9 Å². The number of halogens is 1. The fourth-order valence-electron chi connectivity index (χ4n) is 3.10. The molecule has 0 N–H and O–H groups in total. The number of hydrogen-bond donors (Lipinski definition) is 0. The van der Waals surface area contributed by atoms with E-state index in [9.17, 15) is 4.79 Å². The molecule has 2 aromatic heterocycles. The maximum Gasteiger partial charge on any atom is 0.253 e. The molecule has 6 nitrogen and oxygen atoms in total. The van der Waals surface area contributed by atoms with E-state index < -0.39 is 0 Å². The number of nitrogens with zero attached hydrogens (tertiary/aromatic N) is 5. The number of carbonyl (C=O) groups excluding carboxylic acids is 1. The Hall–Kier alpha value is -2.44. The van der Waals surface area contributed by atoms with E-state index >= 15 is 0 Å². The molecule has 0 bridgehead atoms. The number of benzene rings is 1. The van der Waals surface area contributed by atoms with Gasteiger partial charge in [0.05, 0.1) is 6.20 Å². The van der Waals surface area contributed by atoms with Gasteiger partial charge in [0.1, 0.15) is 0 Å². The lowest BCUT2D eigenvalue weighted by Crippen LogP contribution is -2.48. The van der Waals surface area contributed by atoms with Crippen LogP contribution in [0.3, 0.4) is 0 Å². The molecule has 4 rings (SSSR count). The molecule has 0 radical (unpaired) electrons. The first kappa shape index (κ1) is 16.1. The molecule has 7 heteroatoms. The monoisotopic (exact) mass is 355 g/mol. The highest BCUT2D eigenvalue weighted by Crippen LogP contribution is 2.15. The number of hydrogen-bond acceptors (Lipinski definition) is 4. The van der Waals surface area contributed by atoms with Gasteiger partial charge in [-0.2, -0.15) is 5.10 Å². The minimum absolute atomic E-state index is 0.0433. The summed E-state index contributed by atoms with van der Waals surface area (Å²) >= 11 is 5.98. The Balaban J connectivity index is 1.37. The van der Waals surface area contributed by atoms with Crippen molar-refractivity contribution in [1.29, 1.82) is 0 Å². The Labute approximate surface area is 150 Å². The van der Waals surface area contributed by atoms with Crippen LogP contribution in [0.25, 0.3) is 5.65 Å². The lowest BCUT2D eigenvalue weighted by molar-refractivity contribution is 0.0628. The zero-order chi connectivity index (χ0) is 17.2. The maximum atomic E-state index is 12.6. The highest BCUT2D eigenvalue weighted by molar-refractivity contribution is 6.30. The third-order valence-electron chi connectivity index (χ3n) is 4.44. The molecule has 1 fully saturated rings. The summed E-state index contributed by atoms with van der Waals surface area (Å²) in [5.74, 6) is 0.0433. The van der Waals surface area contributed by atoms with Crippen LogP contribution < -0.4 is 0 Å². The Bertz CT molecular complexity index is 901. The molecule has 3 heterocycles. The third-order valence-corrected chi connectivity index (χ3v) is 4.67. The van der Waals surface area contributed by atoms with Crippen LogP contribution in [-0.2, 0) is 6.54 Å². The minimum Gasteiger partial charge on any atom is -0.336 e. The van der Waals surface area contributed by atoms with Gasteiger partial charge in [0.2, 0.25) is 0 Å². The van der Waals surface area contributed by atoms with Crippen LogP contribution in [0.5, 0.6) is 0 Å². The first-order chi connectivity index (χ1) is 12.2. The van der Waals surface area contributed by atoms with Crippen molar-refractivity contribution >= 4 is 23.2 Å². The van der Waals surface area contributed by atoms with Crippen LogP contribution >= 0.6 is 11.6 Å². The second kappa shape index (κ2) is 6.82. The first-order valence-electron chi connectivity index (χ1n) is 8.24. The van der Waals surface area contributed by atoms with Gasteiger partial charge in [0.15, 0.2) is 5.65 Å². The van der Waals surface area contributed by atoms with Crippen molar-refractivity contribution in [2.45, 2.75) is 6.54 Å². The van der Waals surface area contributed by atoms with Gasteiger partial charge in [-0.05, 0) is 18.2 Å². The lowest BCUT2D eigenvalue weighted by atomic mass is 10.1. The molecule has 1 aliphatic heterocycles. The molecule has 1 aliphatic rings. The molecule has 1 amide bonds. The van der Waals surface area contributed by atoms with E-state index in [0.717, 1.165) is 30.8 Å². The summed E-state index contributed by atoms with van der Waals surface area (Å²) in [4.78, 5) is 21.2. The van der Waals surface area contributed by atoms with Crippen molar-refractivity contribution in [2.24, 2.45) is 0 Å². The number of piperazine rings is 1. The molecular formula is C18H18ClN5O. The fraction of sp³-hybridized carbons (Fsp3) is 0.278. The molecule has 0 saturated carbocycles. The molecule has 128 valence electrons. The number of aromatic nitrogens is 3. The van der Waals surface area contributed by atoms with Gasteiger partial charge in [0.25, 0.3) is 5.91 Å². The second-order valence-corrected chi connectivity index (χ2v) is 6.61. The van der Waals surface area contributed by atoms with E-state index in [1.807, 2.05) is 35.5 Å². The summed E-state index contributed by atoms with van der Waals surface area (Å²) in [7, 11) is 0. The summed E-state index contributed by atoms with van der Waals surface area (Å²) < 4.78 is 1.79. The van der Waals surface area contributed by atoms with E-state index in [2.05, 4.69) is 15.0 Å². The average Bonchev–Trinajstić information content (AvgIpc) is 3.09. The first-order valence-corrected chi connectivity index (χ1v) is 8.62. The van der Waals surface area contributed by atoms with Gasteiger partial charge < -0.3 is 4.90 Å². The van der Waals surface area contributed by atoms with E-state index in [1.165, 1.54) is 0 Å².